The van der Waals surface area contributed by atoms with Crippen molar-refractivity contribution in [3.63, 3.8) is 0 Å². The molecule has 178 valence electrons. The highest BCUT2D eigenvalue weighted by Gasteiger charge is 2.30. The van der Waals surface area contributed by atoms with Crippen LogP contribution >= 0.6 is 11.6 Å². The van der Waals surface area contributed by atoms with Crippen molar-refractivity contribution < 1.29 is 14.3 Å². The number of aromatic nitrogens is 4. The second kappa shape index (κ2) is 10.2. The summed E-state index contributed by atoms with van der Waals surface area (Å²) in [6.07, 6.45) is 1.50. The molecule has 3 heterocycles. The van der Waals surface area contributed by atoms with Gasteiger partial charge in [-0.1, -0.05) is 11.6 Å². The fraction of sp³-hybridized carbons (Fsp3) is 0.348. The van der Waals surface area contributed by atoms with Crippen molar-refractivity contribution in [2.24, 2.45) is 0 Å². The number of anilines is 3. The first-order valence-electron chi connectivity index (χ1n) is 10.8. The largest absolute Gasteiger partial charge is 0.495 e. The van der Waals surface area contributed by atoms with Gasteiger partial charge in [-0.3, -0.25) is 4.79 Å². The second-order valence-corrected chi connectivity index (χ2v) is 8.61. The molecule has 1 aromatic carbocycles. The first-order chi connectivity index (χ1) is 16.3. The molecule has 0 radical (unpaired) electrons. The van der Waals surface area contributed by atoms with Gasteiger partial charge in [0.25, 0.3) is 5.91 Å². The lowest BCUT2D eigenvalue weighted by atomic mass is 10.0. The van der Waals surface area contributed by atoms with Crippen molar-refractivity contribution in [3.05, 3.63) is 59.1 Å². The number of rotatable bonds is 7. The number of carbonyl (C=O) groups is 1. The lowest BCUT2D eigenvalue weighted by Gasteiger charge is -2.29. The number of benzene rings is 1. The minimum atomic E-state index is -0.918. The number of hydrogen-bond donors (Lipinski definition) is 2. The highest BCUT2D eigenvalue weighted by molar-refractivity contribution is 6.30. The highest BCUT2D eigenvalue weighted by atomic mass is 35.5. The molecule has 1 aliphatic heterocycles. The Labute approximate surface area is 202 Å². The molecule has 2 N–H and O–H groups in total. The summed E-state index contributed by atoms with van der Waals surface area (Å²) in [4.78, 5) is 33.0. The van der Waals surface area contributed by atoms with Gasteiger partial charge in [0.2, 0.25) is 11.9 Å². The summed E-state index contributed by atoms with van der Waals surface area (Å²) in [5, 5.41) is 6.81. The number of methoxy groups -OCH3 is 1. The topological polar surface area (TPSA) is 114 Å². The number of nitrogens with zero attached hydrogens (tertiary/aromatic N) is 5. The maximum atomic E-state index is 12.9. The number of morpholine rings is 1. The Bertz CT molecular complexity index is 1130. The number of nitrogens with one attached hydrogen (secondary N) is 2. The minimum Gasteiger partial charge on any atom is -0.495 e. The molecular formula is C23H26ClN7O3. The fourth-order valence-corrected chi connectivity index (χ4v) is 3.43. The van der Waals surface area contributed by atoms with Crippen LogP contribution in [0.3, 0.4) is 0 Å². The van der Waals surface area contributed by atoms with Gasteiger partial charge in [0, 0.05) is 23.8 Å². The van der Waals surface area contributed by atoms with Gasteiger partial charge in [-0.2, -0.15) is 15.0 Å². The van der Waals surface area contributed by atoms with Gasteiger partial charge in [0.05, 0.1) is 32.1 Å². The zero-order chi connectivity index (χ0) is 24.1. The highest BCUT2D eigenvalue weighted by Crippen LogP contribution is 2.24. The number of hydrogen-bond acceptors (Lipinski definition) is 9. The lowest BCUT2D eigenvalue weighted by molar-refractivity contribution is 0.0903. The summed E-state index contributed by atoms with van der Waals surface area (Å²) in [6, 6.07) is 10.5. The SMILES string of the molecule is COc1ccc(C(=O)NC(C)(C)c2nc(Nc3ccc(Cl)cc3)nc(N3CCOCC3)n2)nc1. The molecule has 3 aromatic rings. The Hall–Kier alpha value is -3.50. The summed E-state index contributed by atoms with van der Waals surface area (Å²) in [7, 11) is 1.54. The van der Waals surface area contributed by atoms with Crippen LogP contribution in [0.25, 0.3) is 0 Å². The summed E-state index contributed by atoms with van der Waals surface area (Å²) in [6.45, 7) is 6.16. The van der Waals surface area contributed by atoms with Crippen LogP contribution in [0.4, 0.5) is 17.6 Å². The molecule has 4 rings (SSSR count). The average Bonchev–Trinajstić information content (AvgIpc) is 2.85. The van der Waals surface area contributed by atoms with Crippen molar-refractivity contribution in [2.45, 2.75) is 19.4 Å². The molecule has 10 nitrogen and oxygen atoms in total. The number of halogens is 1. The Kier molecular flexibility index (Phi) is 7.09. The van der Waals surface area contributed by atoms with Crippen LogP contribution in [0, 0.1) is 0 Å². The molecule has 0 unspecified atom stereocenters. The molecular weight excluding hydrogens is 458 g/mol. The second-order valence-electron chi connectivity index (χ2n) is 8.18. The van der Waals surface area contributed by atoms with E-state index in [2.05, 4.69) is 25.6 Å². The van der Waals surface area contributed by atoms with E-state index in [9.17, 15) is 4.79 Å². The van der Waals surface area contributed by atoms with Gasteiger partial charge in [-0.05, 0) is 50.2 Å². The zero-order valence-corrected chi connectivity index (χ0v) is 20.0. The van der Waals surface area contributed by atoms with Gasteiger partial charge in [-0.25, -0.2) is 4.98 Å². The Morgan fingerprint density at radius 1 is 1.09 bits per heavy atom. The quantitative estimate of drug-likeness (QED) is 0.522. The van der Waals surface area contributed by atoms with Gasteiger partial charge in [0.1, 0.15) is 11.4 Å². The fourth-order valence-electron chi connectivity index (χ4n) is 3.31. The predicted molar refractivity (Wildman–Crippen MR) is 129 cm³/mol. The van der Waals surface area contributed by atoms with E-state index in [1.54, 1.807) is 31.4 Å². The van der Waals surface area contributed by atoms with E-state index in [1.807, 2.05) is 30.9 Å². The summed E-state index contributed by atoms with van der Waals surface area (Å²) in [5.74, 6) is 1.49. The van der Waals surface area contributed by atoms with Crippen LogP contribution in [0.15, 0.2) is 42.6 Å². The number of carbonyl (C=O) groups excluding carboxylic acids is 1. The number of pyridine rings is 1. The van der Waals surface area contributed by atoms with Gasteiger partial charge in [-0.15, -0.1) is 0 Å². The first kappa shape index (κ1) is 23.7. The first-order valence-corrected chi connectivity index (χ1v) is 11.2. The molecule has 0 saturated carbocycles. The van der Waals surface area contributed by atoms with E-state index in [1.165, 1.54) is 6.20 Å². The van der Waals surface area contributed by atoms with E-state index >= 15 is 0 Å². The Morgan fingerprint density at radius 2 is 1.82 bits per heavy atom. The molecule has 1 amide bonds. The van der Waals surface area contributed by atoms with E-state index < -0.39 is 5.54 Å². The third kappa shape index (κ3) is 5.70. The number of amides is 1. The van der Waals surface area contributed by atoms with E-state index in [-0.39, 0.29) is 11.6 Å². The number of ether oxygens (including phenoxy) is 2. The summed E-state index contributed by atoms with van der Waals surface area (Å²) >= 11 is 6.00. The standard InChI is InChI=1S/C23H26ClN7O3/c1-23(2,30-19(32)18-9-8-17(33-3)14-25-18)20-27-21(26-16-6-4-15(24)5-7-16)29-22(28-20)31-10-12-34-13-11-31/h4-9,14H,10-13H2,1-3H3,(H,30,32)(H,26,27,28,29). The molecule has 0 atom stereocenters. The van der Waals surface area contributed by atoms with Crippen LogP contribution < -0.4 is 20.3 Å². The summed E-state index contributed by atoms with van der Waals surface area (Å²) < 4.78 is 10.6. The van der Waals surface area contributed by atoms with Crippen LogP contribution in [0.2, 0.25) is 5.02 Å². The molecule has 2 aromatic heterocycles. The molecule has 0 bridgehead atoms. The molecule has 1 fully saturated rings. The molecule has 0 aliphatic carbocycles. The molecule has 0 spiro atoms. The molecule has 1 saturated heterocycles. The van der Waals surface area contributed by atoms with Gasteiger partial charge >= 0.3 is 0 Å². The Morgan fingerprint density at radius 3 is 2.47 bits per heavy atom. The van der Waals surface area contributed by atoms with E-state index in [4.69, 9.17) is 26.1 Å². The predicted octanol–water partition coefficient (Wildman–Crippen LogP) is 3.17. The molecule has 34 heavy (non-hydrogen) atoms. The third-order valence-electron chi connectivity index (χ3n) is 5.21. The Balaban J connectivity index is 1.63. The normalized spacial score (nSPS) is 13.9. The smallest absolute Gasteiger partial charge is 0.270 e. The van der Waals surface area contributed by atoms with Crippen LogP contribution in [0.1, 0.15) is 30.2 Å². The van der Waals surface area contributed by atoms with Gasteiger partial charge in [0.15, 0.2) is 5.82 Å². The van der Waals surface area contributed by atoms with Crippen LogP contribution in [0.5, 0.6) is 5.75 Å². The van der Waals surface area contributed by atoms with Gasteiger partial charge < -0.3 is 25.0 Å². The zero-order valence-electron chi connectivity index (χ0n) is 19.2. The summed E-state index contributed by atoms with van der Waals surface area (Å²) in [5.41, 5.74) is 0.119. The molecule has 11 heteroatoms. The average molecular weight is 484 g/mol. The maximum Gasteiger partial charge on any atom is 0.270 e. The monoisotopic (exact) mass is 483 g/mol. The molecule has 1 aliphatic rings. The van der Waals surface area contributed by atoms with E-state index in [0.717, 1.165) is 5.69 Å². The lowest BCUT2D eigenvalue weighted by Crippen LogP contribution is -2.44. The van der Waals surface area contributed by atoms with Crippen molar-refractivity contribution >= 4 is 35.1 Å². The van der Waals surface area contributed by atoms with Crippen molar-refractivity contribution in [3.8, 4) is 5.75 Å². The van der Waals surface area contributed by atoms with Crippen LogP contribution in [-0.2, 0) is 10.3 Å². The van der Waals surface area contributed by atoms with Crippen molar-refractivity contribution in [1.29, 1.82) is 0 Å². The third-order valence-corrected chi connectivity index (χ3v) is 5.46. The van der Waals surface area contributed by atoms with E-state index in [0.29, 0.717) is 54.8 Å². The van der Waals surface area contributed by atoms with Crippen molar-refractivity contribution in [1.82, 2.24) is 25.3 Å². The maximum absolute atomic E-state index is 12.9. The van der Waals surface area contributed by atoms with Crippen molar-refractivity contribution in [2.75, 3.05) is 43.6 Å². The minimum absolute atomic E-state index is 0.260. The van der Waals surface area contributed by atoms with Crippen LogP contribution in [-0.4, -0.2) is 59.3 Å².